The standard InChI is InChI=1S/C15H19N3O3/c1-15(2)13(18(4)14(20)17-3)12(19)10-7-9(8-16)5-6-11(10)21-15/h5-7,12-13,19H,1-4H3,(H,17,20)/t12-,13+/m1/s1. The molecule has 0 unspecified atom stereocenters. The molecule has 0 fully saturated rings. The first-order valence-corrected chi connectivity index (χ1v) is 6.67. The van der Waals surface area contributed by atoms with E-state index in [1.54, 1.807) is 25.2 Å². The van der Waals surface area contributed by atoms with Crippen LogP contribution in [0.1, 0.15) is 31.1 Å². The van der Waals surface area contributed by atoms with Crippen LogP contribution < -0.4 is 10.1 Å². The highest BCUT2D eigenvalue weighted by Crippen LogP contribution is 2.42. The molecule has 1 aromatic carbocycles. The number of aliphatic hydroxyl groups excluding tert-OH is 1. The predicted molar refractivity (Wildman–Crippen MR) is 76.8 cm³/mol. The molecule has 0 spiro atoms. The predicted octanol–water partition coefficient (Wildman–Crippen LogP) is 1.40. The van der Waals surface area contributed by atoms with E-state index in [-0.39, 0.29) is 6.03 Å². The summed E-state index contributed by atoms with van der Waals surface area (Å²) in [7, 11) is 3.14. The van der Waals surface area contributed by atoms with Crippen LogP contribution >= 0.6 is 0 Å². The van der Waals surface area contributed by atoms with Crippen molar-refractivity contribution in [3.63, 3.8) is 0 Å². The number of carbonyl (C=O) groups is 1. The van der Waals surface area contributed by atoms with E-state index in [1.807, 2.05) is 19.9 Å². The third-order valence-electron chi connectivity index (χ3n) is 3.79. The summed E-state index contributed by atoms with van der Waals surface area (Å²) in [4.78, 5) is 13.3. The van der Waals surface area contributed by atoms with Crippen molar-refractivity contribution in [2.75, 3.05) is 14.1 Å². The molecule has 2 rings (SSSR count). The van der Waals surface area contributed by atoms with Gasteiger partial charge in [-0.1, -0.05) is 0 Å². The molecule has 1 aromatic rings. The smallest absolute Gasteiger partial charge is 0.317 e. The Labute approximate surface area is 123 Å². The number of nitrogens with one attached hydrogen (secondary N) is 1. The maximum Gasteiger partial charge on any atom is 0.317 e. The molecule has 0 saturated carbocycles. The Bertz CT molecular complexity index is 607. The van der Waals surface area contributed by atoms with Crippen molar-refractivity contribution in [3.05, 3.63) is 29.3 Å². The molecule has 0 saturated heterocycles. The zero-order valence-corrected chi connectivity index (χ0v) is 12.5. The summed E-state index contributed by atoms with van der Waals surface area (Å²) in [5.41, 5.74) is 0.202. The molecule has 0 radical (unpaired) electrons. The molecule has 0 bridgehead atoms. The number of aliphatic hydroxyl groups is 1. The molecule has 1 heterocycles. The highest BCUT2D eigenvalue weighted by atomic mass is 16.5. The van der Waals surface area contributed by atoms with Gasteiger partial charge in [0.25, 0.3) is 0 Å². The molecule has 6 nitrogen and oxygen atoms in total. The van der Waals surface area contributed by atoms with Gasteiger partial charge in [0.05, 0.1) is 11.6 Å². The molecule has 112 valence electrons. The van der Waals surface area contributed by atoms with Crippen molar-refractivity contribution in [3.8, 4) is 11.8 Å². The van der Waals surface area contributed by atoms with Crippen LogP contribution in [0.2, 0.25) is 0 Å². The normalized spacial score (nSPS) is 22.5. The van der Waals surface area contributed by atoms with Gasteiger partial charge in [0.15, 0.2) is 0 Å². The molecule has 0 aliphatic carbocycles. The third kappa shape index (κ3) is 2.52. The zero-order valence-electron chi connectivity index (χ0n) is 12.5. The Morgan fingerprint density at radius 1 is 1.52 bits per heavy atom. The summed E-state index contributed by atoms with van der Waals surface area (Å²) in [6.07, 6.45) is -0.931. The van der Waals surface area contributed by atoms with E-state index in [2.05, 4.69) is 5.32 Å². The maximum atomic E-state index is 11.9. The minimum absolute atomic E-state index is 0.310. The van der Waals surface area contributed by atoms with Crippen LogP contribution in [-0.2, 0) is 0 Å². The Morgan fingerprint density at radius 3 is 2.76 bits per heavy atom. The van der Waals surface area contributed by atoms with Crippen LogP contribution in [0.3, 0.4) is 0 Å². The Morgan fingerprint density at radius 2 is 2.19 bits per heavy atom. The van der Waals surface area contributed by atoms with Gasteiger partial charge in [-0.15, -0.1) is 0 Å². The molecule has 2 N–H and O–H groups in total. The van der Waals surface area contributed by atoms with Crippen LogP contribution in [0.5, 0.6) is 5.75 Å². The van der Waals surface area contributed by atoms with E-state index in [9.17, 15) is 9.90 Å². The molecule has 0 aromatic heterocycles. The average Bonchev–Trinajstić information content (AvgIpc) is 2.45. The highest BCUT2D eigenvalue weighted by molar-refractivity contribution is 5.74. The quantitative estimate of drug-likeness (QED) is 0.818. The summed E-state index contributed by atoms with van der Waals surface area (Å²) < 4.78 is 5.93. The molecule has 2 amide bonds. The summed E-state index contributed by atoms with van der Waals surface area (Å²) in [5, 5.41) is 22.2. The SMILES string of the molecule is CNC(=O)N(C)[C@H]1[C@H](O)c2cc(C#N)ccc2OC1(C)C. The molecule has 1 aliphatic rings. The number of benzene rings is 1. The minimum Gasteiger partial charge on any atom is -0.485 e. The van der Waals surface area contributed by atoms with Crippen molar-refractivity contribution in [2.24, 2.45) is 0 Å². The van der Waals surface area contributed by atoms with E-state index in [0.717, 1.165) is 0 Å². The van der Waals surface area contributed by atoms with Gasteiger partial charge in [-0.2, -0.15) is 5.26 Å². The van der Waals surface area contributed by atoms with Crippen molar-refractivity contribution in [1.82, 2.24) is 10.2 Å². The number of likely N-dealkylation sites (N-methyl/N-ethyl adjacent to an activating group) is 1. The van der Waals surface area contributed by atoms with Gasteiger partial charge in [-0.3, -0.25) is 0 Å². The fraction of sp³-hybridized carbons (Fsp3) is 0.467. The summed E-state index contributed by atoms with van der Waals surface area (Å²) >= 11 is 0. The van der Waals surface area contributed by atoms with Gasteiger partial charge in [-0.05, 0) is 32.0 Å². The highest BCUT2D eigenvalue weighted by Gasteiger charge is 2.46. The van der Waals surface area contributed by atoms with Crippen molar-refractivity contribution >= 4 is 6.03 Å². The Kier molecular flexibility index (Phi) is 3.79. The number of amides is 2. The lowest BCUT2D eigenvalue weighted by molar-refractivity contribution is -0.0614. The molecular formula is C15H19N3O3. The minimum atomic E-state index is -0.931. The van der Waals surface area contributed by atoms with Crippen LogP contribution in [0.4, 0.5) is 4.79 Å². The van der Waals surface area contributed by atoms with Crippen LogP contribution in [0, 0.1) is 11.3 Å². The van der Waals surface area contributed by atoms with Gasteiger partial charge < -0.3 is 20.1 Å². The van der Waals surface area contributed by atoms with Gasteiger partial charge in [0, 0.05) is 19.7 Å². The topological polar surface area (TPSA) is 85.6 Å². The van der Waals surface area contributed by atoms with E-state index < -0.39 is 17.7 Å². The molecular weight excluding hydrogens is 270 g/mol. The van der Waals surface area contributed by atoms with E-state index in [1.165, 1.54) is 11.9 Å². The Balaban J connectivity index is 2.48. The lowest BCUT2D eigenvalue weighted by Crippen LogP contribution is -2.59. The first kappa shape index (κ1) is 15.1. The van der Waals surface area contributed by atoms with Gasteiger partial charge in [-0.25, -0.2) is 4.79 Å². The number of hydrogen-bond donors (Lipinski definition) is 2. The van der Waals surface area contributed by atoms with Crippen LogP contribution in [0.25, 0.3) is 0 Å². The molecule has 1 aliphatic heterocycles. The van der Waals surface area contributed by atoms with E-state index in [0.29, 0.717) is 16.9 Å². The maximum absolute atomic E-state index is 11.9. The third-order valence-corrected chi connectivity index (χ3v) is 3.79. The second-order valence-electron chi connectivity index (χ2n) is 5.63. The lowest BCUT2D eigenvalue weighted by Gasteiger charge is -2.46. The van der Waals surface area contributed by atoms with Gasteiger partial charge >= 0.3 is 6.03 Å². The largest absolute Gasteiger partial charge is 0.485 e. The first-order valence-electron chi connectivity index (χ1n) is 6.67. The average molecular weight is 289 g/mol. The molecule has 6 heteroatoms. The number of fused-ring (bicyclic) bond motifs is 1. The second kappa shape index (κ2) is 5.26. The number of rotatable bonds is 1. The number of urea groups is 1. The lowest BCUT2D eigenvalue weighted by atomic mass is 9.84. The van der Waals surface area contributed by atoms with Crippen LogP contribution in [-0.4, -0.2) is 41.8 Å². The van der Waals surface area contributed by atoms with Crippen molar-refractivity contribution < 1.29 is 14.6 Å². The number of hydrogen-bond acceptors (Lipinski definition) is 4. The summed E-state index contributed by atoms with van der Waals surface area (Å²) in [6.45, 7) is 3.64. The molecule has 2 atom stereocenters. The molecule has 21 heavy (non-hydrogen) atoms. The van der Waals surface area contributed by atoms with E-state index >= 15 is 0 Å². The Hall–Kier alpha value is -2.26. The second-order valence-corrected chi connectivity index (χ2v) is 5.63. The number of nitriles is 1. The fourth-order valence-electron chi connectivity index (χ4n) is 2.82. The van der Waals surface area contributed by atoms with Gasteiger partial charge in [0.1, 0.15) is 23.5 Å². The first-order chi connectivity index (χ1) is 9.81. The van der Waals surface area contributed by atoms with Crippen molar-refractivity contribution in [1.29, 1.82) is 5.26 Å². The number of nitrogens with zero attached hydrogens (tertiary/aromatic N) is 2. The zero-order chi connectivity index (χ0) is 15.8. The van der Waals surface area contributed by atoms with Crippen molar-refractivity contribution in [2.45, 2.75) is 31.6 Å². The number of ether oxygens (including phenoxy) is 1. The fourth-order valence-corrected chi connectivity index (χ4v) is 2.82. The van der Waals surface area contributed by atoms with E-state index in [4.69, 9.17) is 10.00 Å². The van der Waals surface area contributed by atoms with Crippen LogP contribution in [0.15, 0.2) is 18.2 Å². The monoisotopic (exact) mass is 289 g/mol. The summed E-state index contributed by atoms with van der Waals surface area (Å²) in [6, 6.07) is 6.07. The number of carbonyl (C=O) groups excluding carboxylic acids is 1. The van der Waals surface area contributed by atoms with Gasteiger partial charge in [0.2, 0.25) is 0 Å². The summed E-state index contributed by atoms with van der Waals surface area (Å²) in [5.74, 6) is 0.535.